The van der Waals surface area contributed by atoms with Gasteiger partial charge in [0.05, 0.1) is 5.41 Å². The first-order chi connectivity index (χ1) is 37.2. The highest BCUT2D eigenvalue weighted by Gasteiger charge is 2.45. The molecule has 0 fully saturated rings. The van der Waals surface area contributed by atoms with E-state index in [-0.39, 0.29) is 0 Å². The summed E-state index contributed by atoms with van der Waals surface area (Å²) in [4.78, 5) is 4.68. The average molecular weight is 957 g/mol. The summed E-state index contributed by atoms with van der Waals surface area (Å²) in [6, 6.07) is 115. The Morgan fingerprint density at radius 3 is 0.800 bits per heavy atom. The first-order valence-corrected chi connectivity index (χ1v) is 25.8. The molecule has 0 spiro atoms. The smallest absolute Gasteiger partial charge is 0.0713 e. The Balaban J connectivity index is 0.912. The Labute approximate surface area is 440 Å². The summed E-state index contributed by atoms with van der Waals surface area (Å²) < 4.78 is 0. The minimum Gasteiger partial charge on any atom is -0.311 e. The van der Waals surface area contributed by atoms with Gasteiger partial charge in [-0.3, -0.25) is 0 Å². The van der Waals surface area contributed by atoms with Crippen molar-refractivity contribution in [1.82, 2.24) is 0 Å². The van der Waals surface area contributed by atoms with Crippen LogP contribution in [-0.4, -0.2) is 0 Å². The highest BCUT2D eigenvalue weighted by atomic mass is 15.1. The lowest BCUT2D eigenvalue weighted by Crippen LogP contribution is -2.28. The summed E-state index contributed by atoms with van der Waals surface area (Å²) >= 11 is 0. The van der Waals surface area contributed by atoms with Crippen molar-refractivity contribution in [3.05, 3.63) is 338 Å². The third-order valence-corrected chi connectivity index (χ3v) is 15.0. The zero-order chi connectivity index (χ0) is 50.0. The van der Waals surface area contributed by atoms with E-state index in [1.54, 1.807) is 0 Å². The summed E-state index contributed by atoms with van der Waals surface area (Å²) in [6.07, 6.45) is 0. The van der Waals surface area contributed by atoms with Crippen LogP contribution in [0.4, 0.5) is 34.1 Å². The van der Waals surface area contributed by atoms with E-state index < -0.39 is 5.41 Å². The minimum absolute atomic E-state index is 0.466. The van der Waals surface area contributed by atoms with Crippen LogP contribution >= 0.6 is 0 Å². The molecule has 13 rings (SSSR count). The van der Waals surface area contributed by atoms with Crippen LogP contribution in [0, 0.1) is 0 Å². The van der Waals surface area contributed by atoms with E-state index in [0.717, 1.165) is 45.3 Å². The number of fused-ring (bicyclic) bond motifs is 3. The lowest BCUT2D eigenvalue weighted by Gasteiger charge is -2.34. The summed E-state index contributed by atoms with van der Waals surface area (Å²) in [5.41, 5.74) is 23.1. The number of benzene rings is 12. The van der Waals surface area contributed by atoms with Gasteiger partial charge in [-0.1, -0.05) is 231 Å². The number of rotatable bonds is 12. The van der Waals surface area contributed by atoms with Crippen molar-refractivity contribution in [1.29, 1.82) is 0 Å². The molecular weight excluding hydrogens is 905 g/mol. The highest BCUT2D eigenvalue weighted by Crippen LogP contribution is 2.56. The van der Waals surface area contributed by atoms with Crippen LogP contribution in [0.1, 0.15) is 22.3 Å². The van der Waals surface area contributed by atoms with Crippen molar-refractivity contribution >= 4 is 34.1 Å². The van der Waals surface area contributed by atoms with E-state index in [1.165, 1.54) is 66.8 Å². The van der Waals surface area contributed by atoms with Crippen LogP contribution in [0.2, 0.25) is 0 Å². The van der Waals surface area contributed by atoms with E-state index in [0.29, 0.717) is 0 Å². The number of para-hydroxylation sites is 3. The van der Waals surface area contributed by atoms with Crippen molar-refractivity contribution < 1.29 is 0 Å². The molecule has 0 unspecified atom stereocenters. The van der Waals surface area contributed by atoms with E-state index in [1.807, 2.05) is 0 Å². The van der Waals surface area contributed by atoms with Gasteiger partial charge in [-0.05, 0) is 163 Å². The molecule has 1 aliphatic carbocycles. The molecule has 0 radical (unpaired) electrons. The van der Waals surface area contributed by atoms with Crippen molar-refractivity contribution in [3.8, 4) is 55.6 Å². The molecule has 354 valence electrons. The van der Waals surface area contributed by atoms with E-state index >= 15 is 0 Å². The van der Waals surface area contributed by atoms with Gasteiger partial charge in [-0.2, -0.15) is 0 Å². The Morgan fingerprint density at radius 1 is 0.187 bits per heavy atom. The zero-order valence-electron chi connectivity index (χ0n) is 41.4. The normalized spacial score (nSPS) is 12.1. The molecule has 1 aliphatic rings. The second kappa shape index (κ2) is 19.7. The first-order valence-electron chi connectivity index (χ1n) is 25.8. The SMILES string of the molecule is c1ccc(-c2cc(-c3ccc(N(c4ccccc4)c4ccc(C5(c6ccccc6)c6ccccc6-c6ccccc65)cc4)cc3)c(-c3ccccc3)cc2-c2ccc(N(c3ccccc3)c3ccccc3)cc2)cc1. The van der Waals surface area contributed by atoms with Gasteiger partial charge >= 0.3 is 0 Å². The van der Waals surface area contributed by atoms with Gasteiger partial charge in [0.15, 0.2) is 0 Å². The Morgan fingerprint density at radius 2 is 0.440 bits per heavy atom. The molecule has 0 atom stereocenters. The molecule has 0 aromatic heterocycles. The molecule has 0 aliphatic heterocycles. The molecule has 0 bridgehead atoms. The van der Waals surface area contributed by atoms with Crippen LogP contribution < -0.4 is 9.80 Å². The van der Waals surface area contributed by atoms with E-state index in [9.17, 15) is 0 Å². The maximum Gasteiger partial charge on any atom is 0.0713 e. The fourth-order valence-corrected chi connectivity index (χ4v) is 11.6. The monoisotopic (exact) mass is 956 g/mol. The van der Waals surface area contributed by atoms with Gasteiger partial charge in [-0.15, -0.1) is 0 Å². The van der Waals surface area contributed by atoms with E-state index in [2.05, 4.69) is 325 Å². The molecule has 0 saturated heterocycles. The van der Waals surface area contributed by atoms with Gasteiger partial charge in [0.2, 0.25) is 0 Å². The van der Waals surface area contributed by atoms with Crippen LogP contribution in [0.3, 0.4) is 0 Å². The predicted octanol–water partition coefficient (Wildman–Crippen LogP) is 19.7. The van der Waals surface area contributed by atoms with Crippen LogP contribution in [-0.2, 0) is 5.41 Å². The standard InChI is InChI=1S/C73H52N2/c1-7-23-53(24-8-1)67-52-70(68(54-25-9-2-10-26-54)51-69(67)55-39-45-62(46-40-55)74(59-29-13-4-14-30-59)60-31-15-5-16-32-60)56-41-47-63(48-42-56)75(61-33-17-6-18-34-61)64-49-43-58(44-50-64)73(57-27-11-3-12-28-57)71-37-21-19-35-65(71)66-36-20-22-38-72(66)73/h1-52H. The molecule has 0 heterocycles. The maximum absolute atomic E-state index is 2.41. The molecule has 0 amide bonds. The molecule has 75 heavy (non-hydrogen) atoms. The number of nitrogens with zero attached hydrogens (tertiary/aromatic N) is 2. The molecular formula is C73H52N2. The first kappa shape index (κ1) is 45.1. The van der Waals surface area contributed by atoms with Crippen molar-refractivity contribution in [2.45, 2.75) is 5.41 Å². The number of hydrogen-bond donors (Lipinski definition) is 0. The summed E-state index contributed by atoms with van der Waals surface area (Å²) in [5.74, 6) is 0. The number of anilines is 6. The second-order valence-corrected chi connectivity index (χ2v) is 19.2. The fourth-order valence-electron chi connectivity index (χ4n) is 11.6. The van der Waals surface area contributed by atoms with Crippen LogP contribution in [0.15, 0.2) is 315 Å². The highest BCUT2D eigenvalue weighted by molar-refractivity contribution is 5.96. The Hall–Kier alpha value is -9.76. The lowest BCUT2D eigenvalue weighted by molar-refractivity contribution is 0.768. The third kappa shape index (κ3) is 8.20. The third-order valence-electron chi connectivity index (χ3n) is 15.0. The fraction of sp³-hybridized carbons (Fsp3) is 0.0137. The topological polar surface area (TPSA) is 6.48 Å². The van der Waals surface area contributed by atoms with Gasteiger partial charge in [0, 0.05) is 34.1 Å². The minimum atomic E-state index is -0.466. The van der Waals surface area contributed by atoms with Gasteiger partial charge in [0.1, 0.15) is 0 Å². The average Bonchev–Trinajstić information content (AvgIpc) is 3.80. The van der Waals surface area contributed by atoms with Crippen molar-refractivity contribution in [3.63, 3.8) is 0 Å². The van der Waals surface area contributed by atoms with Gasteiger partial charge in [-0.25, -0.2) is 0 Å². The van der Waals surface area contributed by atoms with Crippen LogP contribution in [0.5, 0.6) is 0 Å². The molecule has 12 aromatic rings. The molecule has 2 heteroatoms. The summed E-state index contributed by atoms with van der Waals surface area (Å²) in [6.45, 7) is 0. The number of hydrogen-bond acceptors (Lipinski definition) is 2. The van der Waals surface area contributed by atoms with E-state index in [4.69, 9.17) is 0 Å². The quantitative estimate of drug-likeness (QED) is 0.120. The van der Waals surface area contributed by atoms with Crippen molar-refractivity contribution in [2.24, 2.45) is 0 Å². The van der Waals surface area contributed by atoms with Crippen LogP contribution in [0.25, 0.3) is 55.6 Å². The molecule has 0 saturated carbocycles. The molecule has 2 nitrogen and oxygen atoms in total. The van der Waals surface area contributed by atoms with Gasteiger partial charge in [0.25, 0.3) is 0 Å². The maximum atomic E-state index is 2.41. The van der Waals surface area contributed by atoms with Gasteiger partial charge < -0.3 is 9.80 Å². The lowest BCUT2D eigenvalue weighted by atomic mass is 9.68. The summed E-state index contributed by atoms with van der Waals surface area (Å²) in [5, 5.41) is 0. The zero-order valence-corrected chi connectivity index (χ0v) is 41.4. The summed E-state index contributed by atoms with van der Waals surface area (Å²) in [7, 11) is 0. The van der Waals surface area contributed by atoms with Crippen molar-refractivity contribution in [2.75, 3.05) is 9.80 Å². The largest absolute Gasteiger partial charge is 0.311 e. The predicted molar refractivity (Wildman–Crippen MR) is 315 cm³/mol. The molecule has 12 aromatic carbocycles. The molecule has 0 N–H and O–H groups in total. The Kier molecular flexibility index (Phi) is 11.8. The Bertz CT molecular complexity index is 3790. The second-order valence-electron chi connectivity index (χ2n) is 19.2.